The second-order valence-electron chi connectivity index (χ2n) is 8.93. The van der Waals surface area contributed by atoms with Gasteiger partial charge in [-0.05, 0) is 31.6 Å². The Kier molecular flexibility index (Phi) is 4.07. The lowest BCUT2D eigenvalue weighted by Crippen LogP contribution is -2.49. The molecular weight excluding hydrogens is 354 g/mol. The molecule has 4 atom stereocenters. The number of carbonyl (C=O) groups is 3. The van der Waals surface area contributed by atoms with Gasteiger partial charge in [0.2, 0.25) is 11.8 Å². The maximum absolute atomic E-state index is 13.5. The number of hydrogen-bond acceptors (Lipinski definition) is 5. The summed E-state index contributed by atoms with van der Waals surface area (Å²) in [4.78, 5) is 41.4. The predicted molar refractivity (Wildman–Crippen MR) is 107 cm³/mol. The van der Waals surface area contributed by atoms with Gasteiger partial charge in [0.05, 0.1) is 23.6 Å². The van der Waals surface area contributed by atoms with Crippen molar-refractivity contribution in [2.45, 2.75) is 46.7 Å². The molecule has 2 fully saturated rings. The molecule has 2 amide bonds. The number of hydrogen-bond donors (Lipinski definition) is 0. The molecule has 0 saturated carbocycles. The number of Topliss-reactive ketones (excluding diaryl/α,β-unsaturated/α-hetero) is 1. The number of nitrogens with zero attached hydrogens (tertiary/aromatic N) is 3. The highest BCUT2D eigenvalue weighted by molar-refractivity contribution is 6.24. The van der Waals surface area contributed by atoms with Crippen molar-refractivity contribution in [3.8, 4) is 0 Å². The fourth-order valence-electron chi connectivity index (χ4n) is 4.57. The summed E-state index contributed by atoms with van der Waals surface area (Å²) < 4.78 is 0. The first-order valence-electron chi connectivity index (χ1n) is 9.61. The molecule has 6 heteroatoms. The Hall–Kier alpha value is -2.76. The highest BCUT2D eigenvalue weighted by atomic mass is 16.2. The molecule has 2 saturated heterocycles. The lowest BCUT2D eigenvalue weighted by atomic mass is 9.80. The number of rotatable bonds is 2. The molecule has 3 heterocycles. The van der Waals surface area contributed by atoms with Crippen LogP contribution in [0.25, 0.3) is 0 Å². The molecule has 1 aromatic carbocycles. The van der Waals surface area contributed by atoms with Gasteiger partial charge >= 0.3 is 0 Å². The van der Waals surface area contributed by atoms with E-state index in [1.807, 2.05) is 58.9 Å². The fourth-order valence-corrected chi connectivity index (χ4v) is 4.57. The van der Waals surface area contributed by atoms with E-state index >= 15 is 0 Å². The van der Waals surface area contributed by atoms with Crippen LogP contribution in [0.4, 0.5) is 5.69 Å². The lowest BCUT2D eigenvalue weighted by molar-refractivity contribution is -0.136. The zero-order valence-corrected chi connectivity index (χ0v) is 16.8. The minimum atomic E-state index is -0.733. The maximum Gasteiger partial charge on any atom is 0.240 e. The van der Waals surface area contributed by atoms with E-state index < -0.39 is 23.3 Å². The Balaban J connectivity index is 1.81. The van der Waals surface area contributed by atoms with Crippen molar-refractivity contribution in [3.63, 3.8) is 0 Å². The van der Waals surface area contributed by atoms with E-state index in [-0.39, 0.29) is 23.6 Å². The van der Waals surface area contributed by atoms with Crippen molar-refractivity contribution < 1.29 is 14.4 Å². The monoisotopic (exact) mass is 379 g/mol. The van der Waals surface area contributed by atoms with Crippen molar-refractivity contribution in [1.29, 1.82) is 0 Å². The third-order valence-electron chi connectivity index (χ3n) is 5.89. The Morgan fingerprint density at radius 1 is 1.07 bits per heavy atom. The highest BCUT2D eigenvalue weighted by Crippen LogP contribution is 2.47. The second-order valence-corrected chi connectivity index (χ2v) is 8.93. The van der Waals surface area contributed by atoms with Crippen LogP contribution in [0.1, 0.15) is 31.9 Å². The number of allylic oxidation sites excluding steroid dienone is 1. The molecule has 28 heavy (non-hydrogen) atoms. The number of amides is 2. The van der Waals surface area contributed by atoms with Crippen LogP contribution in [0, 0.1) is 31.1 Å². The van der Waals surface area contributed by atoms with E-state index in [2.05, 4.69) is 5.10 Å². The van der Waals surface area contributed by atoms with Gasteiger partial charge in [-0.3, -0.25) is 19.4 Å². The summed E-state index contributed by atoms with van der Waals surface area (Å²) in [5.74, 6) is -1.94. The number of aryl methyl sites for hydroxylation is 2. The van der Waals surface area contributed by atoms with Crippen LogP contribution in [0.5, 0.6) is 0 Å². The van der Waals surface area contributed by atoms with E-state index in [1.54, 1.807) is 17.3 Å². The Bertz CT molecular complexity index is 941. The van der Waals surface area contributed by atoms with Gasteiger partial charge < -0.3 is 0 Å². The number of benzene rings is 1. The van der Waals surface area contributed by atoms with Gasteiger partial charge in [0.1, 0.15) is 6.04 Å². The number of imide groups is 1. The molecule has 4 rings (SSSR count). The first kappa shape index (κ1) is 18.6. The number of hydrazone groups is 1. The Labute approximate surface area is 164 Å². The zero-order valence-electron chi connectivity index (χ0n) is 16.8. The normalized spacial score (nSPS) is 28.8. The van der Waals surface area contributed by atoms with E-state index in [9.17, 15) is 14.4 Å². The van der Waals surface area contributed by atoms with Crippen molar-refractivity contribution in [2.24, 2.45) is 22.4 Å². The summed E-state index contributed by atoms with van der Waals surface area (Å²) in [6.07, 6.45) is 5.26. The van der Waals surface area contributed by atoms with Crippen LogP contribution in [0.15, 0.2) is 35.5 Å². The van der Waals surface area contributed by atoms with Crippen LogP contribution in [0.3, 0.4) is 0 Å². The van der Waals surface area contributed by atoms with Gasteiger partial charge in [-0.15, -0.1) is 0 Å². The van der Waals surface area contributed by atoms with Crippen LogP contribution in [-0.4, -0.2) is 40.9 Å². The Morgan fingerprint density at radius 3 is 2.39 bits per heavy atom. The van der Waals surface area contributed by atoms with Crippen molar-refractivity contribution in [2.75, 3.05) is 4.90 Å². The molecule has 146 valence electrons. The molecule has 3 aliphatic heterocycles. The van der Waals surface area contributed by atoms with Crippen molar-refractivity contribution in [3.05, 3.63) is 41.5 Å². The van der Waals surface area contributed by atoms with Gasteiger partial charge in [0.15, 0.2) is 5.78 Å². The molecule has 0 bridgehead atoms. The van der Waals surface area contributed by atoms with Gasteiger partial charge in [-0.2, -0.15) is 5.10 Å². The number of ketones is 1. The quantitative estimate of drug-likeness (QED) is 0.741. The smallest absolute Gasteiger partial charge is 0.240 e. The largest absolute Gasteiger partial charge is 0.297 e. The van der Waals surface area contributed by atoms with Gasteiger partial charge in [0.25, 0.3) is 0 Å². The SMILES string of the molecule is Cc1ccc(N2C(=O)[C@@H]3[C@H](C2=O)[C@@H]2C=CC=NN2[C@@H]3C(=O)C(C)(C)C)c(C)c1. The summed E-state index contributed by atoms with van der Waals surface area (Å²) in [5.41, 5.74) is 1.90. The van der Waals surface area contributed by atoms with Crippen LogP contribution in [0.2, 0.25) is 0 Å². The molecule has 0 spiro atoms. The van der Waals surface area contributed by atoms with E-state index in [0.29, 0.717) is 5.69 Å². The first-order chi connectivity index (χ1) is 13.1. The van der Waals surface area contributed by atoms with E-state index in [1.165, 1.54) is 4.90 Å². The first-order valence-corrected chi connectivity index (χ1v) is 9.61. The number of carbonyl (C=O) groups excluding carboxylic acids is 3. The van der Waals surface area contributed by atoms with Crippen molar-refractivity contribution in [1.82, 2.24) is 5.01 Å². The third-order valence-corrected chi connectivity index (χ3v) is 5.89. The number of fused-ring (bicyclic) bond motifs is 3. The summed E-state index contributed by atoms with van der Waals surface area (Å²) >= 11 is 0. The third kappa shape index (κ3) is 2.54. The minimum absolute atomic E-state index is 0.0684. The fraction of sp³-hybridized carbons (Fsp3) is 0.455. The van der Waals surface area contributed by atoms with Crippen LogP contribution in [-0.2, 0) is 14.4 Å². The predicted octanol–water partition coefficient (Wildman–Crippen LogP) is 2.63. The molecule has 0 aromatic heterocycles. The van der Waals surface area contributed by atoms with Gasteiger partial charge in [-0.25, -0.2) is 4.90 Å². The van der Waals surface area contributed by atoms with E-state index in [4.69, 9.17) is 0 Å². The van der Waals surface area contributed by atoms with Crippen LogP contribution >= 0.6 is 0 Å². The Morgan fingerprint density at radius 2 is 1.75 bits per heavy atom. The standard InChI is InChI=1S/C22H25N3O3/c1-12-8-9-14(13(2)11-12)24-20(27)16-15-7-6-10-23-25(15)18(17(16)21(24)28)19(26)22(3,4)5/h6-11,15-18H,1-5H3/t15-,16+,17+,18-/m0/s1. The van der Waals surface area contributed by atoms with Gasteiger partial charge in [-0.1, -0.05) is 44.5 Å². The van der Waals surface area contributed by atoms with Crippen LogP contribution < -0.4 is 4.90 Å². The summed E-state index contributed by atoms with van der Waals surface area (Å²) in [6.45, 7) is 9.38. The topological polar surface area (TPSA) is 70.1 Å². The molecule has 0 N–H and O–H groups in total. The molecule has 3 aliphatic rings. The molecule has 0 aliphatic carbocycles. The maximum atomic E-state index is 13.5. The summed E-state index contributed by atoms with van der Waals surface area (Å²) in [6, 6.07) is 4.56. The summed E-state index contributed by atoms with van der Waals surface area (Å²) in [7, 11) is 0. The minimum Gasteiger partial charge on any atom is -0.297 e. The number of anilines is 1. The average molecular weight is 379 g/mol. The molecule has 0 radical (unpaired) electrons. The average Bonchev–Trinajstić information content (AvgIpc) is 3.08. The van der Waals surface area contributed by atoms with E-state index in [0.717, 1.165) is 11.1 Å². The highest BCUT2D eigenvalue weighted by Gasteiger charge is 2.64. The molecule has 0 unspecified atom stereocenters. The second kappa shape index (κ2) is 6.12. The molecule has 6 nitrogen and oxygen atoms in total. The zero-order chi connectivity index (χ0) is 20.4. The lowest BCUT2D eigenvalue weighted by Gasteiger charge is -2.33. The summed E-state index contributed by atoms with van der Waals surface area (Å²) in [5, 5.41) is 6.03. The molecular formula is C22H25N3O3. The van der Waals surface area contributed by atoms with Gasteiger partial charge in [0, 0.05) is 11.6 Å². The van der Waals surface area contributed by atoms with Crippen molar-refractivity contribution >= 4 is 29.5 Å². The molecule has 1 aromatic rings.